The van der Waals surface area contributed by atoms with Crippen molar-refractivity contribution < 1.29 is 33.0 Å². The van der Waals surface area contributed by atoms with Crippen LogP contribution in [-0.2, 0) is 14.3 Å². The quantitative estimate of drug-likeness (QED) is 0.540. The van der Waals surface area contributed by atoms with Crippen LogP contribution in [0.1, 0.15) is 42.7 Å². The van der Waals surface area contributed by atoms with Gasteiger partial charge in [-0.1, -0.05) is 55.0 Å². The lowest BCUT2D eigenvalue weighted by Crippen LogP contribution is -2.46. The molecular weight excluding hydrogens is 446 g/mol. The van der Waals surface area contributed by atoms with Crippen molar-refractivity contribution in [1.82, 2.24) is 10.6 Å². The van der Waals surface area contributed by atoms with Gasteiger partial charge >= 0.3 is 12.1 Å². The number of ether oxygens (including phenoxy) is 1. The van der Waals surface area contributed by atoms with E-state index in [1.54, 1.807) is 0 Å². The van der Waals surface area contributed by atoms with E-state index in [1.165, 1.54) is 0 Å². The number of nitrogens with one attached hydrogen (secondary N) is 2. The molecule has 3 atom stereocenters. The largest absolute Gasteiger partial charge is 0.481 e. The molecule has 0 radical (unpaired) electrons. The van der Waals surface area contributed by atoms with E-state index in [-0.39, 0.29) is 12.5 Å². The van der Waals surface area contributed by atoms with Crippen LogP contribution in [0.25, 0.3) is 11.1 Å². The van der Waals surface area contributed by atoms with E-state index in [9.17, 15) is 28.3 Å². The molecule has 180 valence electrons. The molecule has 0 spiro atoms. The van der Waals surface area contributed by atoms with Crippen LogP contribution >= 0.6 is 0 Å². The highest BCUT2D eigenvalue weighted by atomic mass is 19.3. The van der Waals surface area contributed by atoms with Gasteiger partial charge in [-0.3, -0.25) is 9.59 Å². The Morgan fingerprint density at radius 2 is 1.62 bits per heavy atom. The first kappa shape index (κ1) is 23.7. The highest BCUT2D eigenvalue weighted by molar-refractivity contribution is 5.80. The minimum absolute atomic E-state index is 0.0373. The molecular formula is C25H26F2N2O5. The number of hydrogen-bond donors (Lipinski definition) is 3. The molecule has 0 bridgehead atoms. The van der Waals surface area contributed by atoms with Crippen molar-refractivity contribution in [3.8, 4) is 11.1 Å². The zero-order valence-electron chi connectivity index (χ0n) is 18.4. The van der Waals surface area contributed by atoms with E-state index >= 15 is 0 Å². The van der Waals surface area contributed by atoms with Gasteiger partial charge in [-0.2, -0.15) is 0 Å². The maximum Gasteiger partial charge on any atom is 0.407 e. The Kier molecular flexibility index (Phi) is 7.09. The molecule has 2 aromatic carbocycles. The van der Waals surface area contributed by atoms with Gasteiger partial charge in [-0.05, 0) is 35.1 Å². The summed E-state index contributed by atoms with van der Waals surface area (Å²) >= 11 is 0. The molecule has 1 saturated carbocycles. The van der Waals surface area contributed by atoms with Crippen LogP contribution in [0.5, 0.6) is 0 Å². The maximum absolute atomic E-state index is 13.5. The van der Waals surface area contributed by atoms with Gasteiger partial charge < -0.3 is 20.5 Å². The van der Waals surface area contributed by atoms with E-state index in [0.717, 1.165) is 22.3 Å². The standard InChI is InChI=1S/C25H26F2N2O5/c26-23(27)21(12-22(30)28-20-11-5-10-18(20)24(31)32)29-25(33)34-13-19-16-8-3-1-6-14(16)15-7-2-4-9-17(15)19/h1-4,6-9,18-21,23H,5,10-13H2,(H,28,30)(H,29,33)(H,31,32)/t18-,20+,21?/m1/s1. The molecule has 34 heavy (non-hydrogen) atoms. The Morgan fingerprint density at radius 3 is 2.21 bits per heavy atom. The van der Waals surface area contributed by atoms with Crippen LogP contribution in [0.15, 0.2) is 48.5 Å². The fourth-order valence-electron chi connectivity index (χ4n) is 4.89. The van der Waals surface area contributed by atoms with Gasteiger partial charge in [-0.25, -0.2) is 13.6 Å². The summed E-state index contributed by atoms with van der Waals surface area (Å²) in [5, 5.41) is 13.8. The number of hydrogen-bond acceptors (Lipinski definition) is 4. The summed E-state index contributed by atoms with van der Waals surface area (Å²) in [6.07, 6.45) is -3.17. The molecule has 3 N–H and O–H groups in total. The zero-order valence-corrected chi connectivity index (χ0v) is 18.4. The van der Waals surface area contributed by atoms with Crippen molar-refractivity contribution in [2.75, 3.05) is 6.61 Å². The third kappa shape index (κ3) is 5.03. The SMILES string of the molecule is O=C(CC(NC(=O)OCC1c2ccccc2-c2ccccc21)C(F)F)N[C@H]1CCC[C@H]1C(=O)O. The third-order valence-corrected chi connectivity index (χ3v) is 6.54. The van der Waals surface area contributed by atoms with Crippen molar-refractivity contribution in [3.63, 3.8) is 0 Å². The lowest BCUT2D eigenvalue weighted by molar-refractivity contribution is -0.142. The second-order valence-corrected chi connectivity index (χ2v) is 8.66. The molecule has 2 amide bonds. The predicted octanol–water partition coefficient (Wildman–Crippen LogP) is 3.92. The van der Waals surface area contributed by atoms with E-state index in [1.807, 2.05) is 48.5 Å². The molecule has 0 aliphatic heterocycles. The smallest absolute Gasteiger partial charge is 0.407 e. The average Bonchev–Trinajstić information content (AvgIpc) is 3.40. The van der Waals surface area contributed by atoms with Crippen molar-refractivity contribution >= 4 is 18.0 Å². The first-order valence-corrected chi connectivity index (χ1v) is 11.3. The molecule has 9 heteroatoms. The minimum atomic E-state index is -3.00. The number of carbonyl (C=O) groups is 3. The molecule has 1 unspecified atom stereocenters. The number of aliphatic carboxylic acids is 1. The number of carbonyl (C=O) groups excluding carboxylic acids is 2. The number of rotatable bonds is 8. The van der Waals surface area contributed by atoms with Gasteiger partial charge in [0.2, 0.25) is 5.91 Å². The average molecular weight is 472 g/mol. The van der Waals surface area contributed by atoms with Crippen molar-refractivity contribution in [2.45, 2.75) is 50.1 Å². The molecule has 1 fully saturated rings. The van der Waals surface area contributed by atoms with Gasteiger partial charge in [-0.15, -0.1) is 0 Å². The predicted molar refractivity (Wildman–Crippen MR) is 120 cm³/mol. The van der Waals surface area contributed by atoms with E-state index in [4.69, 9.17) is 4.74 Å². The number of amides is 2. The first-order valence-electron chi connectivity index (χ1n) is 11.3. The highest BCUT2D eigenvalue weighted by Gasteiger charge is 2.35. The van der Waals surface area contributed by atoms with Crippen molar-refractivity contribution in [1.29, 1.82) is 0 Å². The van der Waals surface area contributed by atoms with Gasteiger partial charge in [0.15, 0.2) is 0 Å². The lowest BCUT2D eigenvalue weighted by Gasteiger charge is -2.21. The molecule has 0 saturated heterocycles. The Balaban J connectivity index is 1.34. The zero-order chi connectivity index (χ0) is 24.2. The highest BCUT2D eigenvalue weighted by Crippen LogP contribution is 2.44. The third-order valence-electron chi connectivity index (χ3n) is 6.54. The molecule has 4 rings (SSSR count). The molecule has 7 nitrogen and oxygen atoms in total. The number of alkyl halides is 2. The van der Waals surface area contributed by atoms with Crippen LogP contribution in [0.4, 0.5) is 13.6 Å². The van der Waals surface area contributed by atoms with Crippen LogP contribution in [0.3, 0.4) is 0 Å². The van der Waals surface area contributed by atoms with E-state index < -0.39 is 48.8 Å². The second kappa shape index (κ2) is 10.2. The van der Waals surface area contributed by atoms with Crippen LogP contribution in [-0.4, -0.2) is 48.2 Å². The molecule has 2 aromatic rings. The number of carboxylic acids is 1. The van der Waals surface area contributed by atoms with Gasteiger partial charge in [0.05, 0.1) is 12.3 Å². The summed E-state index contributed by atoms with van der Waals surface area (Å²) in [6.45, 7) is -0.0373. The second-order valence-electron chi connectivity index (χ2n) is 8.66. The molecule has 0 aromatic heterocycles. The summed E-state index contributed by atoms with van der Waals surface area (Å²) < 4.78 is 32.3. The van der Waals surface area contributed by atoms with Gasteiger partial charge in [0.25, 0.3) is 6.43 Å². The summed E-state index contributed by atoms with van der Waals surface area (Å²) in [6, 6.07) is 13.1. The van der Waals surface area contributed by atoms with Crippen LogP contribution in [0.2, 0.25) is 0 Å². The van der Waals surface area contributed by atoms with E-state index in [0.29, 0.717) is 19.3 Å². The number of carboxylic acid groups (broad SMARTS) is 1. The first-order chi connectivity index (χ1) is 16.3. The van der Waals surface area contributed by atoms with E-state index in [2.05, 4.69) is 10.6 Å². The Labute approximate surface area is 195 Å². The number of benzene rings is 2. The van der Waals surface area contributed by atoms with Gasteiger partial charge in [0.1, 0.15) is 12.6 Å². The summed E-state index contributed by atoms with van der Waals surface area (Å²) in [7, 11) is 0. The summed E-state index contributed by atoms with van der Waals surface area (Å²) in [5.41, 5.74) is 4.07. The van der Waals surface area contributed by atoms with Crippen LogP contribution < -0.4 is 10.6 Å². The fourth-order valence-corrected chi connectivity index (χ4v) is 4.89. The molecule has 2 aliphatic rings. The Hall–Kier alpha value is -3.49. The Bertz CT molecular complexity index is 1030. The minimum Gasteiger partial charge on any atom is -0.481 e. The van der Waals surface area contributed by atoms with Crippen LogP contribution in [0, 0.1) is 5.92 Å². The summed E-state index contributed by atoms with van der Waals surface area (Å²) in [5.74, 6) is -2.71. The number of alkyl carbamates (subject to hydrolysis) is 1. The van der Waals surface area contributed by atoms with Crippen molar-refractivity contribution in [3.05, 3.63) is 59.7 Å². The lowest BCUT2D eigenvalue weighted by atomic mass is 9.98. The number of halogens is 2. The normalized spacial score (nSPS) is 19.9. The molecule has 0 heterocycles. The Morgan fingerprint density at radius 1 is 1.00 bits per heavy atom. The maximum atomic E-state index is 13.5. The number of fused-ring (bicyclic) bond motifs is 3. The topological polar surface area (TPSA) is 105 Å². The fraction of sp³-hybridized carbons (Fsp3) is 0.400. The molecule has 2 aliphatic carbocycles. The van der Waals surface area contributed by atoms with Crippen molar-refractivity contribution in [2.24, 2.45) is 5.92 Å². The van der Waals surface area contributed by atoms with Gasteiger partial charge in [0, 0.05) is 12.0 Å². The summed E-state index contributed by atoms with van der Waals surface area (Å²) in [4.78, 5) is 35.9. The monoisotopic (exact) mass is 472 g/mol.